The molecule has 98 valence electrons. The fraction of sp³-hybridized carbons (Fsp3) is 0.308. The molecule has 0 radical (unpaired) electrons. The van der Waals surface area contributed by atoms with Crippen molar-refractivity contribution in [2.24, 2.45) is 0 Å². The molecule has 19 heavy (non-hydrogen) atoms. The summed E-state index contributed by atoms with van der Waals surface area (Å²) in [5, 5.41) is 3.89. The molecule has 1 aliphatic rings. The van der Waals surface area contributed by atoms with E-state index in [-0.39, 0.29) is 5.91 Å². The Morgan fingerprint density at radius 1 is 1.47 bits per heavy atom. The SMILES string of the molecule is Cc1nnsc1C(=O)N1CCc2c(N)cccc2C1. The second kappa shape index (κ2) is 4.62. The molecule has 2 N–H and O–H groups in total. The largest absolute Gasteiger partial charge is 0.398 e. The highest BCUT2D eigenvalue weighted by Crippen LogP contribution is 2.25. The average molecular weight is 274 g/mol. The first kappa shape index (κ1) is 12.1. The molecule has 0 aliphatic carbocycles. The Morgan fingerprint density at radius 3 is 3.05 bits per heavy atom. The summed E-state index contributed by atoms with van der Waals surface area (Å²) in [5.41, 5.74) is 9.79. The minimum absolute atomic E-state index is 0.0144. The normalized spacial score (nSPS) is 14.3. The number of aryl methyl sites for hydroxylation is 1. The first-order valence-corrected chi connectivity index (χ1v) is 6.88. The summed E-state index contributed by atoms with van der Waals surface area (Å²) in [5.74, 6) is 0.0144. The molecular formula is C13H14N4OS. The number of hydrogen-bond acceptors (Lipinski definition) is 5. The highest BCUT2D eigenvalue weighted by Gasteiger charge is 2.25. The van der Waals surface area contributed by atoms with Crippen LogP contribution < -0.4 is 5.73 Å². The molecular weight excluding hydrogens is 260 g/mol. The van der Waals surface area contributed by atoms with Gasteiger partial charge in [0.25, 0.3) is 5.91 Å². The molecule has 0 atom stereocenters. The summed E-state index contributed by atoms with van der Waals surface area (Å²) >= 11 is 1.16. The van der Waals surface area contributed by atoms with Gasteiger partial charge in [0.1, 0.15) is 4.88 Å². The van der Waals surface area contributed by atoms with Crippen molar-refractivity contribution < 1.29 is 4.79 Å². The quantitative estimate of drug-likeness (QED) is 0.802. The number of carbonyl (C=O) groups is 1. The van der Waals surface area contributed by atoms with E-state index in [1.54, 1.807) is 0 Å². The lowest BCUT2D eigenvalue weighted by atomic mass is 9.98. The Labute approximate surface area is 115 Å². The van der Waals surface area contributed by atoms with Crippen molar-refractivity contribution in [3.05, 3.63) is 39.9 Å². The van der Waals surface area contributed by atoms with Crippen LogP contribution in [0.5, 0.6) is 0 Å². The number of nitrogens with two attached hydrogens (primary N) is 1. The highest BCUT2D eigenvalue weighted by atomic mass is 32.1. The number of aromatic nitrogens is 2. The molecule has 0 fully saturated rings. The lowest BCUT2D eigenvalue weighted by molar-refractivity contribution is 0.0739. The zero-order valence-corrected chi connectivity index (χ0v) is 11.4. The minimum atomic E-state index is 0.0144. The van der Waals surface area contributed by atoms with Crippen LogP contribution in [-0.2, 0) is 13.0 Å². The summed E-state index contributed by atoms with van der Waals surface area (Å²) in [6, 6.07) is 5.87. The van der Waals surface area contributed by atoms with Crippen LogP contribution >= 0.6 is 11.5 Å². The lowest BCUT2D eigenvalue weighted by Crippen LogP contribution is -2.36. The number of nitrogen functional groups attached to an aromatic ring is 1. The Balaban J connectivity index is 1.87. The second-order valence-corrected chi connectivity index (χ2v) is 5.40. The van der Waals surface area contributed by atoms with Gasteiger partial charge < -0.3 is 10.6 Å². The number of amides is 1. The Morgan fingerprint density at radius 2 is 2.32 bits per heavy atom. The molecule has 1 aromatic carbocycles. The molecule has 0 bridgehead atoms. The number of fused-ring (bicyclic) bond motifs is 1. The number of anilines is 1. The number of benzene rings is 1. The van der Waals surface area contributed by atoms with Crippen molar-refractivity contribution >= 4 is 23.1 Å². The fourth-order valence-corrected chi connectivity index (χ4v) is 3.01. The monoisotopic (exact) mass is 274 g/mol. The van der Waals surface area contributed by atoms with E-state index in [2.05, 4.69) is 9.59 Å². The van der Waals surface area contributed by atoms with Gasteiger partial charge in [-0.3, -0.25) is 4.79 Å². The van der Waals surface area contributed by atoms with Gasteiger partial charge in [0.2, 0.25) is 0 Å². The van der Waals surface area contributed by atoms with Crippen LogP contribution in [0.15, 0.2) is 18.2 Å². The Hall–Kier alpha value is -1.95. The standard InChI is InChI=1S/C13H14N4OS/c1-8-12(19-16-15-8)13(18)17-6-5-10-9(7-17)3-2-4-11(10)14/h2-4H,5-7,14H2,1H3. The summed E-state index contributed by atoms with van der Waals surface area (Å²) in [6.07, 6.45) is 0.805. The second-order valence-electron chi connectivity index (χ2n) is 4.65. The molecule has 0 saturated carbocycles. The summed E-state index contributed by atoms with van der Waals surface area (Å²) in [7, 11) is 0. The van der Waals surface area contributed by atoms with E-state index in [1.165, 1.54) is 5.56 Å². The Kier molecular flexibility index (Phi) is 2.94. The van der Waals surface area contributed by atoms with E-state index in [9.17, 15) is 4.79 Å². The minimum Gasteiger partial charge on any atom is -0.398 e. The molecule has 5 nitrogen and oxygen atoms in total. The van der Waals surface area contributed by atoms with Gasteiger partial charge in [-0.15, -0.1) is 5.10 Å². The summed E-state index contributed by atoms with van der Waals surface area (Å²) in [4.78, 5) is 14.9. The molecule has 2 aromatic rings. The van der Waals surface area contributed by atoms with E-state index in [0.29, 0.717) is 23.7 Å². The van der Waals surface area contributed by atoms with Gasteiger partial charge in [0.05, 0.1) is 5.69 Å². The highest BCUT2D eigenvalue weighted by molar-refractivity contribution is 7.07. The molecule has 0 spiro atoms. The van der Waals surface area contributed by atoms with Gasteiger partial charge >= 0.3 is 0 Å². The van der Waals surface area contributed by atoms with Crippen molar-refractivity contribution in [3.8, 4) is 0 Å². The van der Waals surface area contributed by atoms with Crippen LogP contribution in [-0.4, -0.2) is 26.9 Å². The molecule has 1 aliphatic heterocycles. The van der Waals surface area contributed by atoms with Crippen molar-refractivity contribution in [2.75, 3.05) is 12.3 Å². The topological polar surface area (TPSA) is 72.1 Å². The van der Waals surface area contributed by atoms with E-state index in [4.69, 9.17) is 5.73 Å². The van der Waals surface area contributed by atoms with Crippen molar-refractivity contribution in [1.29, 1.82) is 0 Å². The molecule has 6 heteroatoms. The zero-order valence-electron chi connectivity index (χ0n) is 10.6. The lowest BCUT2D eigenvalue weighted by Gasteiger charge is -2.29. The number of rotatable bonds is 1. The van der Waals surface area contributed by atoms with Crippen LogP contribution in [0.1, 0.15) is 26.5 Å². The molecule has 1 aromatic heterocycles. The van der Waals surface area contributed by atoms with Crippen molar-refractivity contribution in [1.82, 2.24) is 14.5 Å². The number of carbonyl (C=O) groups excluding carboxylic acids is 1. The fourth-order valence-electron chi connectivity index (χ4n) is 2.38. The van der Waals surface area contributed by atoms with E-state index in [0.717, 1.165) is 29.2 Å². The summed E-state index contributed by atoms with van der Waals surface area (Å²) in [6.45, 7) is 3.11. The Bertz CT molecular complexity index is 637. The van der Waals surface area contributed by atoms with Crippen molar-refractivity contribution in [3.63, 3.8) is 0 Å². The predicted octanol–water partition coefficient (Wildman–Crippen LogP) is 1.63. The van der Waals surface area contributed by atoms with Gasteiger partial charge in [0, 0.05) is 18.8 Å². The third-order valence-corrected chi connectivity index (χ3v) is 4.25. The number of hydrogen-bond donors (Lipinski definition) is 1. The molecule has 2 heterocycles. The van der Waals surface area contributed by atoms with Crippen LogP contribution in [0.25, 0.3) is 0 Å². The van der Waals surface area contributed by atoms with Gasteiger partial charge in [0.15, 0.2) is 0 Å². The van der Waals surface area contributed by atoms with Gasteiger partial charge in [-0.2, -0.15) is 0 Å². The predicted molar refractivity (Wildman–Crippen MR) is 73.9 cm³/mol. The van der Waals surface area contributed by atoms with E-state index < -0.39 is 0 Å². The first-order valence-electron chi connectivity index (χ1n) is 6.11. The number of nitrogens with zero attached hydrogens (tertiary/aromatic N) is 3. The van der Waals surface area contributed by atoms with Crippen LogP contribution in [0.2, 0.25) is 0 Å². The van der Waals surface area contributed by atoms with E-state index >= 15 is 0 Å². The van der Waals surface area contributed by atoms with Gasteiger partial charge in [-0.25, -0.2) is 0 Å². The molecule has 0 saturated heterocycles. The summed E-state index contributed by atoms with van der Waals surface area (Å²) < 4.78 is 3.82. The average Bonchev–Trinajstić information content (AvgIpc) is 2.84. The third-order valence-electron chi connectivity index (χ3n) is 3.44. The zero-order chi connectivity index (χ0) is 13.4. The van der Waals surface area contributed by atoms with E-state index in [1.807, 2.05) is 30.0 Å². The molecule has 1 amide bonds. The third kappa shape index (κ3) is 2.08. The smallest absolute Gasteiger partial charge is 0.267 e. The van der Waals surface area contributed by atoms with Gasteiger partial charge in [-0.1, -0.05) is 16.6 Å². The molecule has 3 rings (SSSR count). The van der Waals surface area contributed by atoms with Gasteiger partial charge in [-0.05, 0) is 42.1 Å². The van der Waals surface area contributed by atoms with Crippen LogP contribution in [0.4, 0.5) is 5.69 Å². The first-order chi connectivity index (χ1) is 9.16. The van der Waals surface area contributed by atoms with Crippen LogP contribution in [0.3, 0.4) is 0 Å². The maximum Gasteiger partial charge on any atom is 0.267 e. The maximum absolute atomic E-state index is 12.4. The van der Waals surface area contributed by atoms with Crippen LogP contribution in [0, 0.1) is 6.92 Å². The maximum atomic E-state index is 12.4. The molecule has 0 unspecified atom stereocenters. The van der Waals surface area contributed by atoms with Crippen molar-refractivity contribution in [2.45, 2.75) is 19.9 Å².